The van der Waals surface area contributed by atoms with Crippen molar-refractivity contribution in [2.45, 2.75) is 25.7 Å². The fourth-order valence-electron chi connectivity index (χ4n) is 0.632. The molecule has 0 atom stereocenters. The molecule has 0 rings (SSSR count). The number of carboxylic acid groups (broad SMARTS) is 1. The van der Waals surface area contributed by atoms with Crippen molar-refractivity contribution in [1.82, 2.24) is 0 Å². The average molecular weight is 215 g/mol. The molecule has 0 aliphatic carbocycles. The van der Waals surface area contributed by atoms with E-state index < -0.39 is 5.97 Å². The fourth-order valence-corrected chi connectivity index (χ4v) is 0.786. The second-order valence-electron chi connectivity index (χ2n) is 2.21. The van der Waals surface area contributed by atoms with Crippen LogP contribution in [0.4, 0.5) is 0 Å². The maximum absolute atomic E-state index is 9.92. The van der Waals surface area contributed by atoms with Crippen LogP contribution in [0, 0.1) is 0 Å². The number of aliphatic carboxylic acids is 1. The quantitative estimate of drug-likeness (QED) is 0.224. The summed E-state index contributed by atoms with van der Waals surface area (Å²) < 4.78 is 0. The van der Waals surface area contributed by atoms with Crippen LogP contribution in [0.25, 0.3) is 0 Å². The normalized spacial score (nSPS) is 9.75. The van der Waals surface area contributed by atoms with Gasteiger partial charge >= 0.3 is 51.4 Å². The van der Waals surface area contributed by atoms with Crippen molar-refractivity contribution in [3.8, 4) is 0 Å². The predicted octanol–water partition coefficient (Wildman–Crippen LogP) is -1.90. The maximum atomic E-state index is 9.92. The summed E-state index contributed by atoms with van der Waals surface area (Å²) in [5, 5.41) is 9.92. The number of hydrogen-bond acceptors (Lipinski definition) is 2. The number of unbranched alkanes of at least 4 members (excludes halogenated alkanes) is 1. The number of halogens is 1. The third kappa shape index (κ3) is 13.7. The SMILES string of the molecule is O=C([O-])CC/C=C/CCCCl.[K+]. The Morgan fingerprint density at radius 3 is 2.42 bits per heavy atom. The number of alkyl halides is 1. The summed E-state index contributed by atoms with van der Waals surface area (Å²) in [5.74, 6) is -0.336. The van der Waals surface area contributed by atoms with Crippen molar-refractivity contribution in [2.24, 2.45) is 0 Å². The van der Waals surface area contributed by atoms with E-state index in [1.807, 2.05) is 12.2 Å². The standard InChI is InChI=1S/C8H13ClO2.K/c9-7-5-3-1-2-4-6-8(10)11;/h1-2H,3-7H2,(H,10,11);/q;+1/p-1/b2-1+;. The molecule has 0 aromatic heterocycles. The van der Waals surface area contributed by atoms with Crippen LogP contribution in [0.5, 0.6) is 0 Å². The molecule has 0 amide bonds. The molecule has 0 saturated carbocycles. The molecular formula is C8H12ClKO2. The minimum atomic E-state index is -0.994. The summed E-state index contributed by atoms with van der Waals surface area (Å²) in [7, 11) is 0. The van der Waals surface area contributed by atoms with Gasteiger partial charge in [0.05, 0.1) is 0 Å². The Balaban J connectivity index is 0. The molecule has 0 heterocycles. The summed E-state index contributed by atoms with van der Waals surface area (Å²) >= 11 is 5.43. The summed E-state index contributed by atoms with van der Waals surface area (Å²) in [6.07, 6.45) is 6.34. The Labute approximate surface area is 121 Å². The fraction of sp³-hybridized carbons (Fsp3) is 0.625. The van der Waals surface area contributed by atoms with E-state index in [0.717, 1.165) is 12.8 Å². The molecule has 0 unspecified atom stereocenters. The Morgan fingerprint density at radius 2 is 1.92 bits per heavy atom. The van der Waals surface area contributed by atoms with Gasteiger partial charge in [-0.15, -0.1) is 11.6 Å². The van der Waals surface area contributed by atoms with E-state index in [0.29, 0.717) is 12.3 Å². The van der Waals surface area contributed by atoms with E-state index in [4.69, 9.17) is 11.6 Å². The molecule has 0 aliphatic rings. The van der Waals surface area contributed by atoms with Gasteiger partial charge in [-0.05, 0) is 25.7 Å². The van der Waals surface area contributed by atoms with Gasteiger partial charge in [-0.3, -0.25) is 0 Å². The van der Waals surface area contributed by atoms with Gasteiger partial charge in [0.2, 0.25) is 0 Å². The number of carbonyl (C=O) groups is 1. The number of hydrogen-bond donors (Lipinski definition) is 0. The second-order valence-corrected chi connectivity index (χ2v) is 2.59. The van der Waals surface area contributed by atoms with Gasteiger partial charge in [0.1, 0.15) is 0 Å². The minimum absolute atomic E-state index is 0. The van der Waals surface area contributed by atoms with E-state index in [2.05, 4.69) is 0 Å². The van der Waals surface area contributed by atoms with E-state index >= 15 is 0 Å². The van der Waals surface area contributed by atoms with Gasteiger partial charge in [-0.25, -0.2) is 0 Å². The van der Waals surface area contributed by atoms with Crippen molar-refractivity contribution in [1.29, 1.82) is 0 Å². The minimum Gasteiger partial charge on any atom is -0.550 e. The van der Waals surface area contributed by atoms with Crippen LogP contribution < -0.4 is 56.5 Å². The van der Waals surface area contributed by atoms with Crippen LogP contribution in [0.1, 0.15) is 25.7 Å². The molecule has 64 valence electrons. The molecule has 0 spiro atoms. The molecule has 0 radical (unpaired) electrons. The van der Waals surface area contributed by atoms with Crippen molar-refractivity contribution < 1.29 is 61.3 Å². The molecule has 0 saturated heterocycles. The molecule has 2 nitrogen and oxygen atoms in total. The molecule has 4 heteroatoms. The second kappa shape index (κ2) is 12.1. The van der Waals surface area contributed by atoms with Crippen molar-refractivity contribution in [3.63, 3.8) is 0 Å². The summed E-state index contributed by atoms with van der Waals surface area (Å²) in [4.78, 5) is 9.92. The van der Waals surface area contributed by atoms with E-state index in [1.54, 1.807) is 0 Å². The maximum Gasteiger partial charge on any atom is 1.00 e. The van der Waals surface area contributed by atoms with E-state index in [1.165, 1.54) is 0 Å². The summed E-state index contributed by atoms with van der Waals surface area (Å²) in [5.41, 5.74) is 0. The zero-order chi connectivity index (χ0) is 8.53. The van der Waals surface area contributed by atoms with Crippen LogP contribution in [0.3, 0.4) is 0 Å². The first kappa shape index (κ1) is 15.6. The molecule has 0 N–H and O–H groups in total. The van der Waals surface area contributed by atoms with Crippen LogP contribution in [0.2, 0.25) is 0 Å². The number of carbonyl (C=O) groups excluding carboxylic acids is 1. The Hall–Kier alpha value is 1.14. The molecule has 0 aliphatic heterocycles. The Bertz CT molecular complexity index is 137. The zero-order valence-corrected chi connectivity index (χ0v) is 11.3. The molecule has 12 heavy (non-hydrogen) atoms. The largest absolute Gasteiger partial charge is 1.00 e. The van der Waals surface area contributed by atoms with Gasteiger partial charge in [0.25, 0.3) is 0 Å². The van der Waals surface area contributed by atoms with Crippen molar-refractivity contribution >= 4 is 17.6 Å². The van der Waals surface area contributed by atoms with Crippen LogP contribution in [0.15, 0.2) is 12.2 Å². The molecule has 0 bridgehead atoms. The third-order valence-electron chi connectivity index (χ3n) is 1.19. The molecule has 0 aromatic carbocycles. The van der Waals surface area contributed by atoms with Crippen LogP contribution in [-0.4, -0.2) is 11.8 Å². The predicted molar refractivity (Wildman–Crippen MR) is 43.3 cm³/mol. The zero-order valence-electron chi connectivity index (χ0n) is 7.38. The molecule has 0 fully saturated rings. The van der Waals surface area contributed by atoms with Gasteiger partial charge in [-0.1, -0.05) is 12.2 Å². The number of allylic oxidation sites excluding steroid dienone is 2. The van der Waals surface area contributed by atoms with Gasteiger partial charge < -0.3 is 9.90 Å². The monoisotopic (exact) mass is 214 g/mol. The van der Waals surface area contributed by atoms with Crippen molar-refractivity contribution in [2.75, 3.05) is 5.88 Å². The van der Waals surface area contributed by atoms with E-state index in [-0.39, 0.29) is 57.8 Å². The number of rotatable bonds is 6. The van der Waals surface area contributed by atoms with Gasteiger partial charge in [-0.2, -0.15) is 0 Å². The van der Waals surface area contributed by atoms with Crippen LogP contribution >= 0.6 is 11.6 Å². The van der Waals surface area contributed by atoms with Crippen LogP contribution in [-0.2, 0) is 4.79 Å². The number of carboxylic acids is 1. The van der Waals surface area contributed by atoms with Gasteiger partial charge in [0, 0.05) is 11.8 Å². The summed E-state index contributed by atoms with van der Waals surface area (Å²) in [6, 6.07) is 0. The molecule has 0 aromatic rings. The first-order valence-electron chi connectivity index (χ1n) is 3.68. The third-order valence-corrected chi connectivity index (χ3v) is 1.45. The van der Waals surface area contributed by atoms with Crippen molar-refractivity contribution in [3.05, 3.63) is 12.2 Å². The summed E-state index contributed by atoms with van der Waals surface area (Å²) in [6.45, 7) is 0. The Morgan fingerprint density at radius 1 is 1.33 bits per heavy atom. The topological polar surface area (TPSA) is 40.1 Å². The molecular weight excluding hydrogens is 203 g/mol. The van der Waals surface area contributed by atoms with E-state index in [9.17, 15) is 9.90 Å². The average Bonchev–Trinajstić information content (AvgIpc) is 1.96. The Kier molecular flexibility index (Phi) is 15.8. The van der Waals surface area contributed by atoms with Gasteiger partial charge in [0.15, 0.2) is 0 Å². The smallest absolute Gasteiger partial charge is 0.550 e. The first-order valence-corrected chi connectivity index (χ1v) is 4.21. The first-order chi connectivity index (χ1) is 5.27.